The van der Waals surface area contributed by atoms with Gasteiger partial charge in [-0.3, -0.25) is 4.79 Å². The van der Waals surface area contributed by atoms with Crippen molar-refractivity contribution in [2.24, 2.45) is 0 Å². The summed E-state index contributed by atoms with van der Waals surface area (Å²) in [6, 6.07) is 19.2. The predicted molar refractivity (Wildman–Crippen MR) is 169 cm³/mol. The number of hydrogen-bond donors (Lipinski definition) is 1. The first-order chi connectivity index (χ1) is 20.9. The summed E-state index contributed by atoms with van der Waals surface area (Å²) >= 11 is 2.63. The molecule has 1 N–H and O–H groups in total. The zero-order valence-corrected chi connectivity index (χ0v) is 25.8. The molecule has 220 valence electrons. The molecule has 5 rings (SSSR count). The minimum Gasteiger partial charge on any atom is -0.497 e. The van der Waals surface area contributed by atoms with Crippen LogP contribution in [0.25, 0.3) is 22.4 Å². The van der Waals surface area contributed by atoms with Gasteiger partial charge in [0.25, 0.3) is 0 Å². The number of nitrogens with zero attached hydrogens (tertiary/aromatic N) is 2. The van der Waals surface area contributed by atoms with Gasteiger partial charge in [0.05, 0.1) is 43.4 Å². The number of methoxy groups -OCH3 is 2. The van der Waals surface area contributed by atoms with Crippen LogP contribution in [-0.4, -0.2) is 43.4 Å². The summed E-state index contributed by atoms with van der Waals surface area (Å²) in [6.07, 6.45) is 3.75. The number of nitriles is 1. The molecule has 1 amide bonds. The van der Waals surface area contributed by atoms with Crippen LogP contribution in [0.5, 0.6) is 11.5 Å². The van der Waals surface area contributed by atoms with E-state index in [1.165, 1.54) is 23.1 Å². The van der Waals surface area contributed by atoms with Gasteiger partial charge in [-0.15, -0.1) is 11.3 Å². The topological polar surface area (TPSA) is 111 Å². The number of amides is 1. The number of esters is 1. The Balaban J connectivity index is 1.46. The van der Waals surface area contributed by atoms with Crippen molar-refractivity contribution in [1.82, 2.24) is 4.98 Å². The summed E-state index contributed by atoms with van der Waals surface area (Å²) in [5.41, 5.74) is 4.86. The number of hydrogen-bond acceptors (Lipinski definition) is 9. The average molecular weight is 614 g/mol. The van der Waals surface area contributed by atoms with Crippen LogP contribution in [0.2, 0.25) is 0 Å². The van der Waals surface area contributed by atoms with E-state index in [9.17, 15) is 14.9 Å². The molecule has 0 fully saturated rings. The molecule has 8 nitrogen and oxygen atoms in total. The second-order valence-electron chi connectivity index (χ2n) is 9.78. The number of anilines is 1. The van der Waals surface area contributed by atoms with Crippen LogP contribution in [0, 0.1) is 11.3 Å². The standard InChI is InChI=1S/C33H31N3O5S2/c1-4-41-33(38)30-24-7-5-6-8-28(24)43-32(30)36-29(37)19-42-31-26(18-34)25(20-9-13-22(39-2)14-10-20)17-27(35-31)21-11-15-23(40-3)16-12-21/h9-17H,4-8,19H2,1-3H3,(H,36,37). The molecular formula is C33H31N3O5S2. The minimum absolute atomic E-state index is 0.000625. The van der Waals surface area contributed by atoms with Gasteiger partial charge in [-0.1, -0.05) is 23.9 Å². The van der Waals surface area contributed by atoms with Crippen LogP contribution in [0.4, 0.5) is 5.00 Å². The fourth-order valence-corrected chi connectivity index (χ4v) is 7.11. The van der Waals surface area contributed by atoms with Gasteiger partial charge >= 0.3 is 5.97 Å². The lowest BCUT2D eigenvalue weighted by molar-refractivity contribution is -0.113. The van der Waals surface area contributed by atoms with E-state index in [2.05, 4.69) is 11.4 Å². The van der Waals surface area contributed by atoms with Gasteiger partial charge in [0.2, 0.25) is 5.91 Å². The zero-order chi connectivity index (χ0) is 30.3. The number of thiophene rings is 1. The molecule has 0 spiro atoms. The number of aromatic nitrogens is 1. The molecule has 1 aliphatic carbocycles. The maximum Gasteiger partial charge on any atom is 0.341 e. The van der Waals surface area contributed by atoms with E-state index in [1.807, 2.05) is 54.6 Å². The normalized spacial score (nSPS) is 12.1. The number of benzene rings is 2. The van der Waals surface area contributed by atoms with Crippen molar-refractivity contribution in [3.8, 4) is 40.0 Å². The summed E-state index contributed by atoms with van der Waals surface area (Å²) in [7, 11) is 3.21. The van der Waals surface area contributed by atoms with Crippen LogP contribution in [0.3, 0.4) is 0 Å². The van der Waals surface area contributed by atoms with Gasteiger partial charge in [0, 0.05) is 16.0 Å². The van der Waals surface area contributed by atoms with Crippen molar-refractivity contribution >= 4 is 40.0 Å². The quantitative estimate of drug-likeness (QED) is 0.148. The molecule has 0 saturated heterocycles. The van der Waals surface area contributed by atoms with E-state index < -0.39 is 5.97 Å². The lowest BCUT2D eigenvalue weighted by Gasteiger charge is -2.14. The first-order valence-electron chi connectivity index (χ1n) is 13.9. The fourth-order valence-electron chi connectivity index (χ4n) is 5.01. The van der Waals surface area contributed by atoms with Crippen molar-refractivity contribution in [2.75, 3.05) is 31.9 Å². The lowest BCUT2D eigenvalue weighted by atomic mass is 9.95. The zero-order valence-electron chi connectivity index (χ0n) is 24.2. The monoisotopic (exact) mass is 613 g/mol. The number of nitrogens with one attached hydrogen (secondary N) is 1. The van der Waals surface area contributed by atoms with Gasteiger partial charge in [0.1, 0.15) is 27.6 Å². The number of carbonyl (C=O) groups excluding carboxylic acids is 2. The van der Waals surface area contributed by atoms with Gasteiger partial charge in [0.15, 0.2) is 0 Å². The molecule has 0 atom stereocenters. The Bertz CT molecular complexity index is 1670. The summed E-state index contributed by atoms with van der Waals surface area (Å²) in [5.74, 6) is 0.725. The Labute approximate surface area is 259 Å². The van der Waals surface area contributed by atoms with Crippen molar-refractivity contribution < 1.29 is 23.8 Å². The first-order valence-corrected chi connectivity index (χ1v) is 15.7. The number of thioether (sulfide) groups is 1. The van der Waals surface area contributed by atoms with Crippen LogP contribution in [0.15, 0.2) is 59.6 Å². The SMILES string of the molecule is CCOC(=O)c1c(NC(=O)CSc2nc(-c3ccc(OC)cc3)cc(-c3ccc(OC)cc3)c2C#N)sc2c1CCCC2. The first kappa shape index (κ1) is 30.1. The highest BCUT2D eigenvalue weighted by molar-refractivity contribution is 8.00. The van der Waals surface area contributed by atoms with Crippen LogP contribution < -0.4 is 14.8 Å². The van der Waals surface area contributed by atoms with Gasteiger partial charge in [-0.25, -0.2) is 9.78 Å². The highest BCUT2D eigenvalue weighted by Gasteiger charge is 2.27. The molecular weight excluding hydrogens is 583 g/mol. The van der Waals surface area contributed by atoms with Crippen molar-refractivity contribution in [1.29, 1.82) is 5.26 Å². The van der Waals surface area contributed by atoms with Crippen LogP contribution >= 0.6 is 23.1 Å². The molecule has 0 saturated carbocycles. The van der Waals surface area contributed by atoms with Crippen molar-refractivity contribution in [2.45, 2.75) is 37.6 Å². The molecule has 4 aromatic rings. The molecule has 43 heavy (non-hydrogen) atoms. The maximum absolute atomic E-state index is 13.3. The molecule has 2 aromatic carbocycles. The molecule has 0 bridgehead atoms. The van der Waals surface area contributed by atoms with Gasteiger partial charge in [-0.05, 0) is 86.2 Å². The van der Waals surface area contributed by atoms with E-state index in [-0.39, 0.29) is 18.3 Å². The van der Waals surface area contributed by atoms with E-state index in [0.29, 0.717) is 38.2 Å². The highest BCUT2D eigenvalue weighted by atomic mass is 32.2. The second-order valence-corrected chi connectivity index (χ2v) is 11.8. The molecule has 0 aliphatic heterocycles. The maximum atomic E-state index is 13.3. The summed E-state index contributed by atoms with van der Waals surface area (Å²) in [4.78, 5) is 32.0. The Hall–Kier alpha value is -4.33. The van der Waals surface area contributed by atoms with Crippen LogP contribution in [0.1, 0.15) is 46.1 Å². The van der Waals surface area contributed by atoms with Gasteiger partial charge < -0.3 is 19.5 Å². The third kappa shape index (κ3) is 6.69. The van der Waals surface area contributed by atoms with Crippen molar-refractivity contribution in [3.63, 3.8) is 0 Å². The molecule has 0 radical (unpaired) electrons. The number of rotatable bonds is 10. The second kappa shape index (κ2) is 13.8. The van der Waals surface area contributed by atoms with E-state index in [1.54, 1.807) is 21.1 Å². The largest absolute Gasteiger partial charge is 0.497 e. The molecule has 10 heteroatoms. The fraction of sp³-hybridized carbons (Fsp3) is 0.273. The number of ether oxygens (including phenoxy) is 3. The van der Waals surface area contributed by atoms with Crippen LogP contribution in [-0.2, 0) is 22.4 Å². The summed E-state index contributed by atoms with van der Waals surface area (Å²) < 4.78 is 15.9. The summed E-state index contributed by atoms with van der Waals surface area (Å²) in [6.45, 7) is 2.03. The molecule has 2 heterocycles. The number of pyridine rings is 1. The average Bonchev–Trinajstić information content (AvgIpc) is 3.41. The number of fused-ring (bicyclic) bond motifs is 1. The predicted octanol–water partition coefficient (Wildman–Crippen LogP) is 7.15. The van der Waals surface area contributed by atoms with Crippen molar-refractivity contribution in [3.05, 3.63) is 76.2 Å². The van der Waals surface area contributed by atoms with Gasteiger partial charge in [-0.2, -0.15) is 5.26 Å². The van der Waals surface area contributed by atoms with E-state index >= 15 is 0 Å². The molecule has 0 unspecified atom stereocenters. The number of carbonyl (C=O) groups is 2. The molecule has 2 aromatic heterocycles. The number of aryl methyl sites for hydroxylation is 1. The third-order valence-corrected chi connectivity index (χ3v) is 9.31. The molecule has 1 aliphatic rings. The minimum atomic E-state index is -0.408. The smallest absolute Gasteiger partial charge is 0.341 e. The Morgan fingerprint density at radius 2 is 1.65 bits per heavy atom. The highest BCUT2D eigenvalue weighted by Crippen LogP contribution is 2.39. The summed E-state index contributed by atoms with van der Waals surface area (Å²) in [5, 5.41) is 14.2. The Morgan fingerprint density at radius 1 is 1.00 bits per heavy atom. The van der Waals surface area contributed by atoms with E-state index in [4.69, 9.17) is 19.2 Å². The van der Waals surface area contributed by atoms with E-state index in [0.717, 1.165) is 53.0 Å². The Morgan fingerprint density at radius 3 is 2.28 bits per heavy atom. The Kier molecular flexibility index (Phi) is 9.65. The third-order valence-electron chi connectivity index (χ3n) is 7.13. The lowest BCUT2D eigenvalue weighted by Crippen LogP contribution is -2.17.